The molecule has 3 aliphatic rings. The fourth-order valence-electron chi connectivity index (χ4n) is 5.69. The zero-order valence-electron chi connectivity index (χ0n) is 20.9. The van der Waals surface area contributed by atoms with Crippen molar-refractivity contribution < 1.29 is 14.3 Å². The van der Waals surface area contributed by atoms with Crippen molar-refractivity contribution in [3.63, 3.8) is 0 Å². The van der Waals surface area contributed by atoms with Gasteiger partial charge in [0.2, 0.25) is 5.91 Å². The van der Waals surface area contributed by atoms with Crippen molar-refractivity contribution in [3.05, 3.63) is 56.4 Å². The molecule has 3 fully saturated rings. The fraction of sp³-hybridized carbons (Fsp3) is 0.538. The molecule has 1 N–H and O–H groups in total. The van der Waals surface area contributed by atoms with Gasteiger partial charge in [-0.25, -0.2) is 9.48 Å². The van der Waals surface area contributed by atoms with E-state index in [1.165, 1.54) is 23.1 Å². The van der Waals surface area contributed by atoms with Gasteiger partial charge in [0.25, 0.3) is 5.56 Å². The minimum absolute atomic E-state index is 0.160. The quantitative estimate of drug-likeness (QED) is 0.530. The Morgan fingerprint density at radius 1 is 1.26 bits per heavy atom. The second-order valence-electron chi connectivity index (χ2n) is 10.5. The molecule has 1 heterocycles. The van der Waals surface area contributed by atoms with Crippen LogP contribution in [-0.2, 0) is 22.6 Å². The second kappa shape index (κ2) is 9.76. The third-order valence-electron chi connectivity index (χ3n) is 8.19. The van der Waals surface area contributed by atoms with Gasteiger partial charge in [-0.2, -0.15) is 5.10 Å². The van der Waals surface area contributed by atoms with Gasteiger partial charge in [0, 0.05) is 19.6 Å². The Kier molecular flexibility index (Phi) is 7.09. The largest absolute Gasteiger partial charge is 0.465 e. The summed E-state index contributed by atoms with van der Waals surface area (Å²) in [4.78, 5) is 38.8. The van der Waals surface area contributed by atoms with E-state index in [9.17, 15) is 14.4 Å². The highest BCUT2D eigenvalue weighted by molar-refractivity contribution is 9.10. The number of hydrogen-bond acceptors (Lipinski definition) is 6. The van der Waals surface area contributed by atoms with E-state index in [2.05, 4.69) is 47.1 Å². The van der Waals surface area contributed by atoms with E-state index in [1.807, 2.05) is 0 Å². The summed E-state index contributed by atoms with van der Waals surface area (Å²) in [7, 11) is 3.00. The lowest BCUT2D eigenvalue weighted by Crippen LogP contribution is -2.58. The van der Waals surface area contributed by atoms with Crippen molar-refractivity contribution in [3.8, 4) is 0 Å². The molecule has 0 radical (unpaired) electrons. The Morgan fingerprint density at radius 2 is 1.94 bits per heavy atom. The molecule has 9 heteroatoms. The molecule has 0 aliphatic heterocycles. The molecular formula is C26H33BrN4O4. The number of benzene rings is 1. The van der Waals surface area contributed by atoms with Crippen molar-refractivity contribution in [2.75, 3.05) is 19.5 Å². The number of amides is 1. The van der Waals surface area contributed by atoms with Crippen LogP contribution in [0.2, 0.25) is 0 Å². The number of methoxy groups -OCH3 is 1. The maximum Gasteiger partial charge on any atom is 0.337 e. The van der Waals surface area contributed by atoms with E-state index in [0.29, 0.717) is 51.5 Å². The van der Waals surface area contributed by atoms with Crippen LogP contribution in [0.5, 0.6) is 0 Å². The maximum absolute atomic E-state index is 12.9. The first-order chi connectivity index (χ1) is 16.5. The lowest BCUT2D eigenvalue weighted by molar-refractivity contribution is -0.131. The van der Waals surface area contributed by atoms with Gasteiger partial charge >= 0.3 is 5.97 Å². The molecule has 2 bridgehead atoms. The smallest absolute Gasteiger partial charge is 0.337 e. The van der Waals surface area contributed by atoms with Gasteiger partial charge in [-0.3, -0.25) is 9.59 Å². The number of rotatable bonds is 7. The summed E-state index contributed by atoms with van der Waals surface area (Å²) in [5.74, 6) is 1.26. The second-order valence-corrected chi connectivity index (χ2v) is 11.3. The molecule has 3 aliphatic carbocycles. The topological polar surface area (TPSA) is 93.5 Å². The van der Waals surface area contributed by atoms with Crippen LogP contribution >= 0.6 is 15.9 Å². The molecule has 1 amide bonds. The van der Waals surface area contributed by atoms with E-state index >= 15 is 0 Å². The van der Waals surface area contributed by atoms with Gasteiger partial charge < -0.3 is 15.0 Å². The van der Waals surface area contributed by atoms with Gasteiger partial charge in [-0.15, -0.1) is 0 Å². The standard InChI is InChI=1S/C26H33BrN4O4/c1-15-19-10-18(26(19,2)3)11-20(15)29-21-12-28-31(24(33)23(21)27)14-22(32)30(4)13-16-6-8-17(9-7-16)25(34)35-5/h6-9,12,15,18-20,29H,10-11,13-14H2,1-5H3/t15-,18+,19-,20-/m1/s1. The highest BCUT2D eigenvalue weighted by Crippen LogP contribution is 2.61. The Labute approximate surface area is 214 Å². The van der Waals surface area contributed by atoms with Crippen LogP contribution in [0.4, 0.5) is 5.69 Å². The number of hydrogen-bond donors (Lipinski definition) is 1. The molecule has 4 atom stereocenters. The van der Waals surface area contributed by atoms with Crippen molar-refractivity contribution in [2.24, 2.45) is 23.2 Å². The van der Waals surface area contributed by atoms with Crippen LogP contribution < -0.4 is 10.9 Å². The van der Waals surface area contributed by atoms with Gasteiger partial charge in [0.1, 0.15) is 11.0 Å². The molecule has 2 aromatic rings. The predicted octanol–water partition coefficient (Wildman–Crippen LogP) is 3.93. The number of nitrogens with one attached hydrogen (secondary N) is 1. The first kappa shape index (κ1) is 25.4. The Balaban J connectivity index is 1.38. The number of nitrogens with zero attached hydrogens (tertiary/aromatic N) is 3. The number of likely N-dealkylation sites (N-methyl/N-ethyl adjacent to an activating group) is 1. The molecule has 0 saturated heterocycles. The number of esters is 1. The fourth-order valence-corrected chi connectivity index (χ4v) is 6.11. The molecule has 8 nitrogen and oxygen atoms in total. The van der Waals surface area contributed by atoms with Gasteiger partial charge in [-0.1, -0.05) is 32.9 Å². The molecule has 3 saturated carbocycles. The van der Waals surface area contributed by atoms with Crippen LogP contribution in [0, 0.1) is 23.2 Å². The normalized spacial score (nSPS) is 24.3. The molecule has 0 unspecified atom stereocenters. The van der Waals surface area contributed by atoms with Crippen molar-refractivity contribution >= 4 is 33.5 Å². The number of carbonyl (C=O) groups excluding carboxylic acids is 2. The van der Waals surface area contributed by atoms with Crippen LogP contribution in [0.3, 0.4) is 0 Å². The van der Waals surface area contributed by atoms with Crippen LogP contribution in [0.15, 0.2) is 39.7 Å². The SMILES string of the molecule is COC(=O)c1ccc(CN(C)C(=O)Cn2ncc(N[C@@H]3C[C@@H]4C[C@H]([C@H]3C)C4(C)C)c(Br)c2=O)cc1. The lowest BCUT2D eigenvalue weighted by atomic mass is 9.45. The highest BCUT2D eigenvalue weighted by atomic mass is 79.9. The van der Waals surface area contributed by atoms with Gasteiger partial charge in [0.05, 0.1) is 24.6 Å². The highest BCUT2D eigenvalue weighted by Gasteiger charge is 2.56. The summed E-state index contributed by atoms with van der Waals surface area (Å²) in [6.45, 7) is 7.20. The van der Waals surface area contributed by atoms with Crippen LogP contribution in [0.25, 0.3) is 0 Å². The monoisotopic (exact) mass is 544 g/mol. The molecular weight excluding hydrogens is 512 g/mol. The first-order valence-electron chi connectivity index (χ1n) is 12.0. The van der Waals surface area contributed by atoms with Gasteiger partial charge in [0.15, 0.2) is 0 Å². The average molecular weight is 545 g/mol. The number of carbonyl (C=O) groups is 2. The molecule has 5 rings (SSSR count). The zero-order valence-corrected chi connectivity index (χ0v) is 22.5. The summed E-state index contributed by atoms with van der Waals surface area (Å²) in [6, 6.07) is 7.17. The van der Waals surface area contributed by atoms with E-state index in [0.717, 1.165) is 12.0 Å². The molecule has 188 valence electrons. The van der Waals surface area contributed by atoms with Crippen molar-refractivity contribution in [2.45, 2.75) is 52.7 Å². The molecule has 1 aromatic heterocycles. The lowest BCUT2D eigenvalue weighted by Gasteiger charge is -2.62. The van der Waals surface area contributed by atoms with E-state index in [-0.39, 0.29) is 18.0 Å². The number of aromatic nitrogens is 2. The van der Waals surface area contributed by atoms with E-state index in [4.69, 9.17) is 4.74 Å². The summed E-state index contributed by atoms with van der Waals surface area (Å²) < 4.78 is 6.28. The van der Waals surface area contributed by atoms with Crippen molar-refractivity contribution in [1.29, 1.82) is 0 Å². The van der Waals surface area contributed by atoms with Crippen LogP contribution in [0.1, 0.15) is 49.5 Å². The Hall–Kier alpha value is -2.68. The first-order valence-corrected chi connectivity index (χ1v) is 12.8. The number of halogens is 1. The predicted molar refractivity (Wildman–Crippen MR) is 137 cm³/mol. The van der Waals surface area contributed by atoms with E-state index < -0.39 is 5.97 Å². The number of fused-ring (bicyclic) bond motifs is 2. The molecule has 1 aromatic carbocycles. The Morgan fingerprint density at radius 3 is 2.54 bits per heavy atom. The number of anilines is 1. The average Bonchev–Trinajstić information content (AvgIpc) is 2.84. The molecule has 0 spiro atoms. The Bertz CT molecular complexity index is 1180. The van der Waals surface area contributed by atoms with E-state index in [1.54, 1.807) is 37.5 Å². The molecule has 35 heavy (non-hydrogen) atoms. The summed E-state index contributed by atoms with van der Waals surface area (Å²) in [6.07, 6.45) is 4.00. The van der Waals surface area contributed by atoms with Crippen LogP contribution in [-0.4, -0.2) is 46.8 Å². The third kappa shape index (κ3) is 4.87. The zero-order chi connectivity index (χ0) is 25.5. The van der Waals surface area contributed by atoms with Gasteiger partial charge in [-0.05, 0) is 69.6 Å². The third-order valence-corrected chi connectivity index (χ3v) is 8.95. The van der Waals surface area contributed by atoms with Crippen molar-refractivity contribution in [1.82, 2.24) is 14.7 Å². The minimum Gasteiger partial charge on any atom is -0.465 e. The summed E-state index contributed by atoms with van der Waals surface area (Å²) in [5.41, 5.74) is 2.04. The minimum atomic E-state index is -0.409. The maximum atomic E-state index is 12.9. The number of ether oxygens (including phenoxy) is 1. The summed E-state index contributed by atoms with van der Waals surface area (Å²) in [5, 5.41) is 7.81. The summed E-state index contributed by atoms with van der Waals surface area (Å²) >= 11 is 3.43.